The Kier molecular flexibility index (Phi) is 6.89. The second-order valence-electron chi connectivity index (χ2n) is 5.05. The maximum Gasteiger partial charge on any atom is 0.243 e. The highest BCUT2D eigenvalue weighted by atomic mass is 35.5. The second-order valence-corrected chi connectivity index (χ2v) is 5.49. The SMILES string of the molecule is CCOc1ccc(OCC)c(NC(=O)CNc2ccc(Cl)cc2F)c1. The first-order chi connectivity index (χ1) is 12.0. The normalized spacial score (nSPS) is 10.2. The number of rotatable bonds is 8. The van der Waals surface area contributed by atoms with Crippen LogP contribution in [0.15, 0.2) is 36.4 Å². The summed E-state index contributed by atoms with van der Waals surface area (Å²) in [7, 11) is 0. The Labute approximate surface area is 151 Å². The van der Waals surface area contributed by atoms with Crippen LogP contribution in [0.3, 0.4) is 0 Å². The fourth-order valence-corrected chi connectivity index (χ4v) is 2.31. The first-order valence-corrected chi connectivity index (χ1v) is 8.29. The number of carbonyl (C=O) groups excluding carboxylic acids is 1. The summed E-state index contributed by atoms with van der Waals surface area (Å²) in [4.78, 5) is 12.2. The van der Waals surface area contributed by atoms with Crippen LogP contribution in [-0.2, 0) is 4.79 Å². The highest BCUT2D eigenvalue weighted by molar-refractivity contribution is 6.30. The van der Waals surface area contributed by atoms with Gasteiger partial charge in [0.15, 0.2) is 0 Å². The lowest BCUT2D eigenvalue weighted by Gasteiger charge is -2.14. The molecule has 2 aromatic rings. The highest BCUT2D eigenvalue weighted by Gasteiger charge is 2.11. The zero-order valence-corrected chi connectivity index (χ0v) is 14.8. The van der Waals surface area contributed by atoms with Crippen molar-refractivity contribution in [3.05, 3.63) is 47.2 Å². The van der Waals surface area contributed by atoms with Crippen LogP contribution < -0.4 is 20.1 Å². The van der Waals surface area contributed by atoms with Crippen molar-refractivity contribution in [2.45, 2.75) is 13.8 Å². The zero-order valence-electron chi connectivity index (χ0n) is 14.1. The number of hydrogen-bond acceptors (Lipinski definition) is 4. The Morgan fingerprint density at radius 3 is 2.52 bits per heavy atom. The lowest BCUT2D eigenvalue weighted by atomic mass is 10.2. The van der Waals surface area contributed by atoms with Crippen molar-refractivity contribution in [3.63, 3.8) is 0 Å². The van der Waals surface area contributed by atoms with Gasteiger partial charge in [-0.05, 0) is 44.2 Å². The van der Waals surface area contributed by atoms with Crippen LogP contribution in [-0.4, -0.2) is 25.7 Å². The number of benzene rings is 2. The first-order valence-electron chi connectivity index (χ1n) is 7.92. The molecule has 0 fully saturated rings. The number of anilines is 2. The van der Waals surface area contributed by atoms with Gasteiger partial charge in [0.05, 0.1) is 31.1 Å². The third kappa shape index (κ3) is 5.53. The first kappa shape index (κ1) is 18.9. The van der Waals surface area contributed by atoms with E-state index in [1.54, 1.807) is 24.3 Å². The lowest BCUT2D eigenvalue weighted by Crippen LogP contribution is -2.22. The average Bonchev–Trinajstić information content (AvgIpc) is 2.57. The minimum Gasteiger partial charge on any atom is -0.494 e. The fourth-order valence-electron chi connectivity index (χ4n) is 2.15. The molecule has 0 aromatic heterocycles. The van der Waals surface area contributed by atoms with Crippen molar-refractivity contribution in [2.75, 3.05) is 30.4 Å². The smallest absolute Gasteiger partial charge is 0.243 e. The van der Waals surface area contributed by atoms with E-state index in [2.05, 4.69) is 10.6 Å². The van der Waals surface area contributed by atoms with E-state index < -0.39 is 5.82 Å². The number of ether oxygens (including phenoxy) is 2. The summed E-state index contributed by atoms with van der Waals surface area (Å²) in [5.74, 6) is 0.299. The van der Waals surface area contributed by atoms with Crippen LogP contribution in [0, 0.1) is 5.82 Å². The number of hydrogen-bond donors (Lipinski definition) is 2. The zero-order chi connectivity index (χ0) is 18.2. The summed E-state index contributed by atoms with van der Waals surface area (Å²) >= 11 is 5.70. The van der Waals surface area contributed by atoms with Crippen LogP contribution in [0.5, 0.6) is 11.5 Å². The molecule has 0 saturated carbocycles. The van der Waals surface area contributed by atoms with Crippen molar-refractivity contribution in [1.82, 2.24) is 0 Å². The van der Waals surface area contributed by atoms with Gasteiger partial charge in [-0.25, -0.2) is 4.39 Å². The monoisotopic (exact) mass is 366 g/mol. The Morgan fingerprint density at radius 1 is 1.08 bits per heavy atom. The van der Waals surface area contributed by atoms with E-state index in [1.165, 1.54) is 12.1 Å². The van der Waals surface area contributed by atoms with Crippen LogP contribution in [0.1, 0.15) is 13.8 Å². The predicted octanol–water partition coefficient (Wildman–Crippen LogP) is 4.33. The molecule has 0 aliphatic carbocycles. The maximum absolute atomic E-state index is 13.7. The summed E-state index contributed by atoms with van der Waals surface area (Å²) in [6.45, 7) is 4.60. The molecule has 0 heterocycles. The summed E-state index contributed by atoms with van der Waals surface area (Å²) in [5, 5.41) is 5.77. The summed E-state index contributed by atoms with van der Waals surface area (Å²) in [6, 6.07) is 9.40. The van der Waals surface area contributed by atoms with E-state index in [9.17, 15) is 9.18 Å². The number of halogens is 2. The minimum atomic E-state index is -0.520. The van der Waals surface area contributed by atoms with Gasteiger partial charge in [-0.2, -0.15) is 0 Å². The van der Waals surface area contributed by atoms with Gasteiger partial charge in [-0.15, -0.1) is 0 Å². The van der Waals surface area contributed by atoms with Crippen LogP contribution in [0.2, 0.25) is 5.02 Å². The molecule has 1 amide bonds. The third-order valence-electron chi connectivity index (χ3n) is 3.21. The van der Waals surface area contributed by atoms with Crippen molar-refractivity contribution in [1.29, 1.82) is 0 Å². The molecule has 0 spiro atoms. The number of carbonyl (C=O) groups is 1. The highest BCUT2D eigenvalue weighted by Crippen LogP contribution is 2.29. The summed E-state index contributed by atoms with van der Waals surface area (Å²) < 4.78 is 24.6. The molecule has 2 rings (SSSR count). The van der Waals surface area contributed by atoms with Gasteiger partial charge in [0.25, 0.3) is 0 Å². The summed E-state index contributed by atoms with van der Waals surface area (Å²) in [5.41, 5.74) is 0.698. The maximum atomic E-state index is 13.7. The largest absolute Gasteiger partial charge is 0.494 e. The van der Waals surface area contributed by atoms with Gasteiger partial charge < -0.3 is 20.1 Å². The molecule has 0 bridgehead atoms. The molecular formula is C18H20ClFN2O3. The van der Waals surface area contributed by atoms with Crippen LogP contribution >= 0.6 is 11.6 Å². The second kappa shape index (κ2) is 9.13. The molecule has 0 unspecified atom stereocenters. The molecule has 0 atom stereocenters. The van der Waals surface area contributed by atoms with E-state index in [0.29, 0.717) is 35.4 Å². The van der Waals surface area contributed by atoms with Gasteiger partial charge in [0.2, 0.25) is 5.91 Å². The van der Waals surface area contributed by atoms with E-state index >= 15 is 0 Å². The molecule has 0 saturated heterocycles. The van der Waals surface area contributed by atoms with E-state index in [4.69, 9.17) is 21.1 Å². The van der Waals surface area contributed by atoms with Gasteiger partial charge in [0, 0.05) is 11.1 Å². The van der Waals surface area contributed by atoms with Crippen molar-refractivity contribution in [2.24, 2.45) is 0 Å². The molecule has 0 aliphatic heterocycles. The van der Waals surface area contributed by atoms with Crippen molar-refractivity contribution in [3.8, 4) is 11.5 Å². The molecule has 2 aromatic carbocycles. The number of amides is 1. The van der Waals surface area contributed by atoms with Gasteiger partial charge in [0.1, 0.15) is 17.3 Å². The molecule has 0 radical (unpaired) electrons. The van der Waals surface area contributed by atoms with E-state index in [0.717, 1.165) is 0 Å². The Bertz CT molecular complexity index is 740. The Balaban J connectivity index is 2.04. The third-order valence-corrected chi connectivity index (χ3v) is 3.44. The van der Waals surface area contributed by atoms with Crippen molar-refractivity contribution >= 4 is 28.9 Å². The standard InChI is InChI=1S/C18H20ClFN2O3/c1-3-24-13-6-8-17(25-4-2)16(10-13)22-18(23)11-21-15-7-5-12(19)9-14(15)20/h5-10,21H,3-4,11H2,1-2H3,(H,22,23). The lowest BCUT2D eigenvalue weighted by molar-refractivity contribution is -0.114. The van der Waals surface area contributed by atoms with Crippen LogP contribution in [0.25, 0.3) is 0 Å². The Hall–Kier alpha value is -2.47. The molecule has 5 nitrogen and oxygen atoms in total. The van der Waals surface area contributed by atoms with Gasteiger partial charge in [-0.1, -0.05) is 11.6 Å². The minimum absolute atomic E-state index is 0.108. The van der Waals surface area contributed by atoms with Gasteiger partial charge in [-0.3, -0.25) is 4.79 Å². The topological polar surface area (TPSA) is 59.6 Å². The molecule has 0 aliphatic rings. The predicted molar refractivity (Wildman–Crippen MR) is 97.3 cm³/mol. The van der Waals surface area contributed by atoms with Crippen molar-refractivity contribution < 1.29 is 18.7 Å². The molecule has 7 heteroatoms. The average molecular weight is 367 g/mol. The molecule has 134 valence electrons. The quantitative estimate of drug-likeness (QED) is 0.730. The summed E-state index contributed by atoms with van der Waals surface area (Å²) in [6.07, 6.45) is 0. The van der Waals surface area contributed by atoms with Gasteiger partial charge >= 0.3 is 0 Å². The number of nitrogens with one attached hydrogen (secondary N) is 2. The molecular weight excluding hydrogens is 347 g/mol. The van der Waals surface area contributed by atoms with E-state index in [-0.39, 0.29) is 18.1 Å². The van der Waals surface area contributed by atoms with Crippen LogP contribution in [0.4, 0.5) is 15.8 Å². The van der Waals surface area contributed by atoms with E-state index in [1.807, 2.05) is 13.8 Å². The Morgan fingerprint density at radius 2 is 1.84 bits per heavy atom. The molecule has 2 N–H and O–H groups in total. The fraction of sp³-hybridized carbons (Fsp3) is 0.278. The molecule has 25 heavy (non-hydrogen) atoms.